The van der Waals surface area contributed by atoms with Crippen molar-refractivity contribution in [2.45, 2.75) is 12.8 Å². The van der Waals surface area contributed by atoms with E-state index in [9.17, 15) is 9.59 Å². The Bertz CT molecular complexity index is 836. The molecule has 2 aromatic rings. The number of carbonyl (C=O) groups excluding carboxylic acids is 1. The fourth-order valence-corrected chi connectivity index (χ4v) is 2.66. The molecule has 6 N–H and O–H groups in total. The summed E-state index contributed by atoms with van der Waals surface area (Å²) >= 11 is 0. The normalized spacial score (nSPS) is 10.0. The second-order valence-electron chi connectivity index (χ2n) is 5.46. The van der Waals surface area contributed by atoms with Crippen LogP contribution in [-0.4, -0.2) is 30.6 Å². The molecule has 0 fully saturated rings. The number of aryl methyl sites for hydroxylation is 1. The van der Waals surface area contributed by atoms with Gasteiger partial charge in [-0.1, -0.05) is 24.3 Å². The molecule has 0 saturated heterocycles. The minimum Gasteiger partial charge on any atom is -0.494 e. The Morgan fingerprint density at radius 1 is 1.35 bits per heavy atom. The van der Waals surface area contributed by atoms with Gasteiger partial charge in [0.1, 0.15) is 5.75 Å². The SMILES string of the molecule is COc1c(CCC(=O)O)ccc(-c2cccc(NC(=N)N)c2)c1NC=O. The van der Waals surface area contributed by atoms with Gasteiger partial charge in [-0.3, -0.25) is 15.0 Å². The van der Waals surface area contributed by atoms with Gasteiger partial charge in [0.05, 0.1) is 12.8 Å². The van der Waals surface area contributed by atoms with Crippen LogP contribution < -0.4 is 21.1 Å². The number of nitrogens with one attached hydrogen (secondary N) is 3. The van der Waals surface area contributed by atoms with Crippen LogP contribution in [0.25, 0.3) is 11.1 Å². The first kappa shape index (κ1) is 18.8. The van der Waals surface area contributed by atoms with Crippen molar-refractivity contribution in [3.8, 4) is 16.9 Å². The van der Waals surface area contributed by atoms with Crippen LogP contribution in [0.2, 0.25) is 0 Å². The van der Waals surface area contributed by atoms with E-state index in [-0.39, 0.29) is 18.8 Å². The predicted molar refractivity (Wildman–Crippen MR) is 99.6 cm³/mol. The number of nitrogens with two attached hydrogens (primary N) is 1. The lowest BCUT2D eigenvalue weighted by molar-refractivity contribution is -0.137. The maximum absolute atomic E-state index is 11.1. The summed E-state index contributed by atoms with van der Waals surface area (Å²) < 4.78 is 5.43. The summed E-state index contributed by atoms with van der Waals surface area (Å²) in [7, 11) is 1.47. The average Bonchev–Trinajstić information content (AvgIpc) is 2.59. The molecule has 8 heteroatoms. The van der Waals surface area contributed by atoms with Crippen LogP contribution in [0.5, 0.6) is 5.75 Å². The van der Waals surface area contributed by atoms with Gasteiger partial charge in [-0.25, -0.2) is 0 Å². The van der Waals surface area contributed by atoms with E-state index < -0.39 is 5.97 Å². The number of carboxylic acids is 1. The van der Waals surface area contributed by atoms with E-state index in [1.807, 2.05) is 6.07 Å². The molecule has 8 nitrogen and oxygen atoms in total. The second-order valence-corrected chi connectivity index (χ2v) is 5.46. The third-order valence-electron chi connectivity index (χ3n) is 3.71. The molecule has 0 aromatic heterocycles. The van der Waals surface area contributed by atoms with Crippen LogP contribution in [0.4, 0.5) is 11.4 Å². The molecule has 0 heterocycles. The van der Waals surface area contributed by atoms with Gasteiger partial charge in [-0.15, -0.1) is 0 Å². The summed E-state index contributed by atoms with van der Waals surface area (Å²) in [5, 5.41) is 21.6. The number of carboxylic acid groups (broad SMARTS) is 1. The first-order valence-corrected chi connectivity index (χ1v) is 7.79. The smallest absolute Gasteiger partial charge is 0.303 e. The maximum atomic E-state index is 11.1. The number of methoxy groups -OCH3 is 1. The number of hydrogen-bond donors (Lipinski definition) is 5. The zero-order chi connectivity index (χ0) is 19.1. The van der Waals surface area contributed by atoms with Crippen molar-refractivity contribution in [1.29, 1.82) is 5.41 Å². The summed E-state index contributed by atoms with van der Waals surface area (Å²) in [5.41, 5.74) is 8.58. The lowest BCUT2D eigenvalue weighted by atomic mass is 9.98. The Labute approximate surface area is 150 Å². The van der Waals surface area contributed by atoms with E-state index in [1.165, 1.54) is 7.11 Å². The quantitative estimate of drug-likeness (QED) is 0.279. The van der Waals surface area contributed by atoms with E-state index in [0.717, 1.165) is 5.56 Å². The Morgan fingerprint density at radius 3 is 2.73 bits per heavy atom. The number of benzene rings is 2. The van der Waals surface area contributed by atoms with Gasteiger partial charge in [0.2, 0.25) is 6.41 Å². The van der Waals surface area contributed by atoms with Gasteiger partial charge in [-0.2, -0.15) is 0 Å². The van der Waals surface area contributed by atoms with Gasteiger partial charge in [-0.05, 0) is 29.7 Å². The highest BCUT2D eigenvalue weighted by molar-refractivity contribution is 5.93. The predicted octanol–water partition coefficient (Wildman–Crippen LogP) is 2.25. The average molecular weight is 356 g/mol. The summed E-state index contributed by atoms with van der Waals surface area (Å²) in [5.74, 6) is -0.681. The fourth-order valence-electron chi connectivity index (χ4n) is 2.66. The van der Waals surface area contributed by atoms with E-state index in [0.29, 0.717) is 34.7 Å². The first-order chi connectivity index (χ1) is 12.5. The Hall–Kier alpha value is -3.55. The summed E-state index contributed by atoms with van der Waals surface area (Å²) in [4.78, 5) is 21.9. The molecule has 0 spiro atoms. The number of anilines is 2. The van der Waals surface area contributed by atoms with E-state index in [1.54, 1.807) is 30.3 Å². The molecule has 0 saturated carbocycles. The highest BCUT2D eigenvalue weighted by Gasteiger charge is 2.16. The van der Waals surface area contributed by atoms with E-state index in [4.69, 9.17) is 21.0 Å². The van der Waals surface area contributed by atoms with Crippen LogP contribution in [0, 0.1) is 5.41 Å². The van der Waals surface area contributed by atoms with Gasteiger partial charge in [0.15, 0.2) is 5.96 Å². The first-order valence-electron chi connectivity index (χ1n) is 7.79. The zero-order valence-corrected chi connectivity index (χ0v) is 14.2. The molecule has 2 aromatic carbocycles. The van der Waals surface area contributed by atoms with Gasteiger partial charge < -0.3 is 26.2 Å². The van der Waals surface area contributed by atoms with Crippen molar-refractivity contribution < 1.29 is 19.4 Å². The third-order valence-corrected chi connectivity index (χ3v) is 3.71. The van der Waals surface area contributed by atoms with Crippen molar-refractivity contribution in [2.24, 2.45) is 5.73 Å². The minimum atomic E-state index is -0.913. The second kappa shape index (κ2) is 8.52. The number of aliphatic carboxylic acids is 1. The summed E-state index contributed by atoms with van der Waals surface area (Å²) in [6.07, 6.45) is 0.770. The molecule has 0 aliphatic heterocycles. The van der Waals surface area contributed by atoms with Crippen LogP contribution in [0.1, 0.15) is 12.0 Å². The monoisotopic (exact) mass is 356 g/mol. The van der Waals surface area contributed by atoms with Gasteiger partial charge >= 0.3 is 5.97 Å². The number of amides is 1. The van der Waals surface area contributed by atoms with E-state index in [2.05, 4.69) is 10.6 Å². The van der Waals surface area contributed by atoms with Crippen molar-refractivity contribution in [3.05, 3.63) is 42.0 Å². The molecule has 2 rings (SSSR count). The highest BCUT2D eigenvalue weighted by atomic mass is 16.5. The van der Waals surface area contributed by atoms with Crippen molar-refractivity contribution in [2.75, 3.05) is 17.7 Å². The van der Waals surface area contributed by atoms with Crippen LogP contribution in [-0.2, 0) is 16.0 Å². The largest absolute Gasteiger partial charge is 0.494 e. The van der Waals surface area contributed by atoms with Gasteiger partial charge in [0.25, 0.3) is 0 Å². The molecule has 0 unspecified atom stereocenters. The summed E-state index contributed by atoms with van der Waals surface area (Å²) in [6.45, 7) is 0. The number of carbonyl (C=O) groups is 2. The highest BCUT2D eigenvalue weighted by Crippen LogP contribution is 2.39. The standard InChI is InChI=1S/C18H20N4O4/c1-26-17-11(6-8-15(24)25)5-7-14(16(17)21-10-23)12-3-2-4-13(9-12)22-18(19)20/h2-5,7,9-10H,6,8H2,1H3,(H,21,23)(H,24,25)(H4,19,20,22). The Balaban J connectivity index is 2.52. The lowest BCUT2D eigenvalue weighted by Gasteiger charge is -2.17. The van der Waals surface area contributed by atoms with Crippen molar-refractivity contribution >= 4 is 29.7 Å². The molecule has 0 aliphatic rings. The molecule has 26 heavy (non-hydrogen) atoms. The Kier molecular flexibility index (Phi) is 6.15. The molecule has 0 aliphatic carbocycles. The molecule has 0 bridgehead atoms. The lowest BCUT2D eigenvalue weighted by Crippen LogP contribution is -2.20. The molecular formula is C18H20N4O4. The van der Waals surface area contributed by atoms with Crippen molar-refractivity contribution in [3.63, 3.8) is 0 Å². The molecule has 1 amide bonds. The number of guanidine groups is 1. The fraction of sp³-hybridized carbons (Fsp3) is 0.167. The topological polar surface area (TPSA) is 138 Å². The third kappa shape index (κ3) is 4.50. The van der Waals surface area contributed by atoms with Crippen LogP contribution >= 0.6 is 0 Å². The molecule has 0 radical (unpaired) electrons. The van der Waals surface area contributed by atoms with Crippen LogP contribution in [0.3, 0.4) is 0 Å². The number of hydrogen-bond acceptors (Lipinski definition) is 4. The minimum absolute atomic E-state index is 0.0474. The number of rotatable bonds is 8. The van der Waals surface area contributed by atoms with Crippen molar-refractivity contribution in [1.82, 2.24) is 0 Å². The maximum Gasteiger partial charge on any atom is 0.303 e. The van der Waals surface area contributed by atoms with E-state index >= 15 is 0 Å². The molecular weight excluding hydrogens is 336 g/mol. The summed E-state index contributed by atoms with van der Waals surface area (Å²) in [6, 6.07) is 10.7. The number of ether oxygens (including phenoxy) is 1. The Morgan fingerprint density at radius 2 is 2.12 bits per heavy atom. The molecule has 0 atom stereocenters. The van der Waals surface area contributed by atoms with Gasteiger partial charge in [0, 0.05) is 17.7 Å². The zero-order valence-electron chi connectivity index (χ0n) is 14.2. The van der Waals surface area contributed by atoms with Crippen LogP contribution in [0.15, 0.2) is 36.4 Å². The molecule has 136 valence electrons.